The highest BCUT2D eigenvalue weighted by Gasteiger charge is 2.05. The van der Waals surface area contributed by atoms with Gasteiger partial charge in [0.25, 0.3) is 0 Å². The minimum atomic E-state index is 0.564. The summed E-state index contributed by atoms with van der Waals surface area (Å²) in [5.41, 5.74) is 7.80. The summed E-state index contributed by atoms with van der Waals surface area (Å²) in [4.78, 5) is 0. The molecule has 0 saturated heterocycles. The Bertz CT molecular complexity index is 506. The molecular formula is C12H9Cl3N2. The molecule has 5 heteroatoms. The molecule has 2 aromatic rings. The lowest BCUT2D eigenvalue weighted by molar-refractivity contribution is 1.54. The third kappa shape index (κ3) is 2.97. The number of nitrogens with two attached hydrogens (primary N) is 1. The van der Waals surface area contributed by atoms with Crippen molar-refractivity contribution in [3.05, 3.63) is 51.5 Å². The van der Waals surface area contributed by atoms with Crippen LogP contribution in [0.15, 0.2) is 36.4 Å². The number of nitrogen functional groups attached to an aromatic ring is 1. The minimum absolute atomic E-state index is 0.564. The molecule has 0 aliphatic carbocycles. The fourth-order valence-electron chi connectivity index (χ4n) is 1.38. The smallest absolute Gasteiger partial charge is 0.0642 e. The van der Waals surface area contributed by atoms with Crippen LogP contribution in [0.5, 0.6) is 0 Å². The molecule has 88 valence electrons. The number of halogens is 3. The second kappa shape index (κ2) is 5.05. The van der Waals surface area contributed by atoms with E-state index in [1.54, 1.807) is 36.4 Å². The third-order valence-electron chi connectivity index (χ3n) is 2.21. The fourth-order valence-corrected chi connectivity index (χ4v) is 1.88. The second-order valence-electron chi connectivity index (χ2n) is 3.48. The van der Waals surface area contributed by atoms with Crippen LogP contribution in [0.2, 0.25) is 15.1 Å². The van der Waals surface area contributed by atoms with Crippen LogP contribution < -0.4 is 11.1 Å². The van der Waals surface area contributed by atoms with Gasteiger partial charge in [0.05, 0.1) is 22.1 Å². The van der Waals surface area contributed by atoms with Crippen molar-refractivity contribution in [2.45, 2.75) is 0 Å². The predicted octanol–water partition coefficient (Wildman–Crippen LogP) is 4.97. The van der Waals surface area contributed by atoms with Crippen molar-refractivity contribution in [3.8, 4) is 0 Å². The van der Waals surface area contributed by atoms with E-state index >= 15 is 0 Å². The van der Waals surface area contributed by atoms with Gasteiger partial charge in [0.1, 0.15) is 0 Å². The predicted molar refractivity (Wildman–Crippen MR) is 75.6 cm³/mol. The average Bonchev–Trinajstić information content (AvgIpc) is 2.28. The van der Waals surface area contributed by atoms with Crippen LogP contribution in [0.3, 0.4) is 0 Å². The van der Waals surface area contributed by atoms with Gasteiger partial charge < -0.3 is 11.1 Å². The maximum atomic E-state index is 6.04. The summed E-state index contributed by atoms with van der Waals surface area (Å²) in [6, 6.07) is 10.3. The van der Waals surface area contributed by atoms with Gasteiger partial charge in [-0.05, 0) is 36.4 Å². The molecule has 2 rings (SSSR count). The third-order valence-corrected chi connectivity index (χ3v) is 3.01. The standard InChI is InChI=1S/C12H9Cl3N2/c13-7-1-3-9(15)11(5-7)17-12-6-8(14)2-4-10(12)16/h1-6,17H,16H2. The summed E-state index contributed by atoms with van der Waals surface area (Å²) in [5.74, 6) is 0. The van der Waals surface area contributed by atoms with Crippen LogP contribution in [-0.4, -0.2) is 0 Å². The van der Waals surface area contributed by atoms with Crippen LogP contribution in [0.1, 0.15) is 0 Å². The molecule has 0 aromatic heterocycles. The monoisotopic (exact) mass is 286 g/mol. The summed E-state index contributed by atoms with van der Waals surface area (Å²) in [5, 5.41) is 4.85. The zero-order chi connectivity index (χ0) is 12.4. The van der Waals surface area contributed by atoms with E-state index in [0.29, 0.717) is 32.1 Å². The van der Waals surface area contributed by atoms with Crippen molar-refractivity contribution in [2.75, 3.05) is 11.1 Å². The summed E-state index contributed by atoms with van der Waals surface area (Å²) >= 11 is 17.8. The Kier molecular flexibility index (Phi) is 3.67. The molecule has 0 saturated carbocycles. The van der Waals surface area contributed by atoms with E-state index in [1.165, 1.54) is 0 Å². The van der Waals surface area contributed by atoms with Crippen molar-refractivity contribution in [1.29, 1.82) is 0 Å². The first kappa shape index (κ1) is 12.4. The molecule has 0 aliphatic rings. The summed E-state index contributed by atoms with van der Waals surface area (Å²) < 4.78 is 0. The highest BCUT2D eigenvalue weighted by molar-refractivity contribution is 6.35. The Morgan fingerprint density at radius 3 is 2.12 bits per heavy atom. The quantitative estimate of drug-likeness (QED) is 0.765. The molecular weight excluding hydrogens is 279 g/mol. The van der Waals surface area contributed by atoms with Crippen LogP contribution in [0, 0.1) is 0 Å². The molecule has 0 amide bonds. The molecule has 0 radical (unpaired) electrons. The van der Waals surface area contributed by atoms with Gasteiger partial charge >= 0.3 is 0 Å². The molecule has 0 spiro atoms. The van der Waals surface area contributed by atoms with E-state index in [9.17, 15) is 0 Å². The molecule has 2 nitrogen and oxygen atoms in total. The van der Waals surface area contributed by atoms with Gasteiger partial charge in [-0.15, -0.1) is 0 Å². The van der Waals surface area contributed by atoms with E-state index < -0.39 is 0 Å². The van der Waals surface area contributed by atoms with Gasteiger partial charge in [-0.1, -0.05) is 34.8 Å². The topological polar surface area (TPSA) is 38.0 Å². The first-order valence-electron chi connectivity index (χ1n) is 4.83. The lowest BCUT2D eigenvalue weighted by Crippen LogP contribution is -1.96. The minimum Gasteiger partial charge on any atom is -0.397 e. The molecule has 0 aliphatic heterocycles. The Morgan fingerprint density at radius 2 is 1.41 bits per heavy atom. The lowest BCUT2D eigenvalue weighted by Gasteiger charge is -2.11. The van der Waals surface area contributed by atoms with Gasteiger partial charge in [-0.25, -0.2) is 0 Å². The molecule has 0 unspecified atom stereocenters. The van der Waals surface area contributed by atoms with Crippen molar-refractivity contribution in [3.63, 3.8) is 0 Å². The first-order valence-corrected chi connectivity index (χ1v) is 5.97. The van der Waals surface area contributed by atoms with Crippen LogP contribution in [-0.2, 0) is 0 Å². The fraction of sp³-hybridized carbons (Fsp3) is 0. The molecule has 0 fully saturated rings. The molecule has 0 bridgehead atoms. The van der Waals surface area contributed by atoms with Gasteiger partial charge in [-0.2, -0.15) is 0 Å². The number of nitrogens with one attached hydrogen (secondary N) is 1. The van der Waals surface area contributed by atoms with Crippen molar-refractivity contribution in [1.82, 2.24) is 0 Å². The van der Waals surface area contributed by atoms with Crippen LogP contribution in [0.4, 0.5) is 17.1 Å². The molecule has 17 heavy (non-hydrogen) atoms. The van der Waals surface area contributed by atoms with E-state index in [4.69, 9.17) is 40.5 Å². The number of hydrogen-bond acceptors (Lipinski definition) is 2. The molecule has 2 aromatic carbocycles. The highest BCUT2D eigenvalue weighted by Crippen LogP contribution is 2.31. The van der Waals surface area contributed by atoms with Gasteiger partial charge in [0.15, 0.2) is 0 Å². The molecule has 0 heterocycles. The SMILES string of the molecule is Nc1ccc(Cl)cc1Nc1cc(Cl)ccc1Cl. The molecule has 3 N–H and O–H groups in total. The van der Waals surface area contributed by atoms with Crippen LogP contribution in [0.25, 0.3) is 0 Å². The Hall–Kier alpha value is -1.09. The lowest BCUT2D eigenvalue weighted by atomic mass is 10.2. The number of hydrogen-bond donors (Lipinski definition) is 2. The van der Waals surface area contributed by atoms with Gasteiger partial charge in [-0.3, -0.25) is 0 Å². The summed E-state index contributed by atoms with van der Waals surface area (Å²) in [6.45, 7) is 0. The van der Waals surface area contributed by atoms with Gasteiger partial charge in [0, 0.05) is 10.0 Å². The molecule has 0 atom stereocenters. The summed E-state index contributed by atoms with van der Waals surface area (Å²) in [7, 11) is 0. The zero-order valence-corrected chi connectivity index (χ0v) is 10.9. The zero-order valence-electron chi connectivity index (χ0n) is 8.68. The first-order chi connectivity index (χ1) is 8.06. The Morgan fingerprint density at radius 1 is 0.824 bits per heavy atom. The Balaban J connectivity index is 2.37. The van der Waals surface area contributed by atoms with Crippen molar-refractivity contribution < 1.29 is 0 Å². The maximum absolute atomic E-state index is 6.04. The normalized spacial score (nSPS) is 10.3. The number of benzene rings is 2. The maximum Gasteiger partial charge on any atom is 0.0642 e. The number of rotatable bonds is 2. The average molecular weight is 288 g/mol. The number of anilines is 3. The van der Waals surface area contributed by atoms with Crippen molar-refractivity contribution >= 4 is 51.9 Å². The largest absolute Gasteiger partial charge is 0.397 e. The van der Waals surface area contributed by atoms with E-state index in [1.807, 2.05) is 0 Å². The van der Waals surface area contributed by atoms with Crippen molar-refractivity contribution in [2.24, 2.45) is 0 Å². The van der Waals surface area contributed by atoms with E-state index in [-0.39, 0.29) is 0 Å². The summed E-state index contributed by atoms with van der Waals surface area (Å²) in [6.07, 6.45) is 0. The van der Waals surface area contributed by atoms with Crippen LogP contribution >= 0.6 is 34.8 Å². The van der Waals surface area contributed by atoms with E-state index in [2.05, 4.69) is 5.32 Å². The van der Waals surface area contributed by atoms with E-state index in [0.717, 1.165) is 0 Å². The van der Waals surface area contributed by atoms with Gasteiger partial charge in [0.2, 0.25) is 0 Å². The second-order valence-corrected chi connectivity index (χ2v) is 4.76. The Labute approximate surface area is 114 Å². The highest BCUT2D eigenvalue weighted by atomic mass is 35.5.